The molecular formula is C16H31N. The maximum absolute atomic E-state index is 4.00. The van der Waals surface area contributed by atoms with Crippen LogP contribution in [0.15, 0.2) is 0 Å². The van der Waals surface area contributed by atoms with Gasteiger partial charge in [0.05, 0.1) is 0 Å². The normalized spacial score (nSPS) is 48.0. The summed E-state index contributed by atoms with van der Waals surface area (Å²) in [6.45, 7) is 9.72. The van der Waals surface area contributed by atoms with Gasteiger partial charge in [0.1, 0.15) is 0 Å². The van der Waals surface area contributed by atoms with Gasteiger partial charge in [0.25, 0.3) is 0 Å². The first-order valence-electron chi connectivity index (χ1n) is 7.80. The summed E-state index contributed by atoms with van der Waals surface area (Å²) in [6, 6.07) is 1.59. The van der Waals surface area contributed by atoms with Gasteiger partial charge in [-0.15, -0.1) is 0 Å². The molecule has 0 amide bonds. The van der Waals surface area contributed by atoms with Crippen molar-refractivity contribution in [3.8, 4) is 0 Å². The molecule has 0 aromatic carbocycles. The van der Waals surface area contributed by atoms with Crippen LogP contribution in [-0.4, -0.2) is 12.1 Å². The molecule has 0 spiro atoms. The molecule has 1 nitrogen and oxygen atoms in total. The van der Waals surface area contributed by atoms with E-state index in [4.69, 9.17) is 0 Å². The molecule has 2 fully saturated rings. The van der Waals surface area contributed by atoms with Crippen LogP contribution in [0.2, 0.25) is 0 Å². The molecule has 1 heteroatoms. The van der Waals surface area contributed by atoms with Gasteiger partial charge < -0.3 is 5.32 Å². The Morgan fingerprint density at radius 2 is 1.35 bits per heavy atom. The highest BCUT2D eigenvalue weighted by Crippen LogP contribution is 2.32. The lowest BCUT2D eigenvalue weighted by Crippen LogP contribution is -2.47. The summed E-state index contributed by atoms with van der Waals surface area (Å²) < 4.78 is 0. The van der Waals surface area contributed by atoms with E-state index in [0.717, 1.165) is 35.8 Å². The lowest BCUT2D eigenvalue weighted by Gasteiger charge is -2.39. The lowest BCUT2D eigenvalue weighted by molar-refractivity contribution is 0.168. The molecule has 5 atom stereocenters. The molecule has 2 aliphatic carbocycles. The molecule has 1 N–H and O–H groups in total. The Morgan fingerprint density at radius 3 is 2.00 bits per heavy atom. The van der Waals surface area contributed by atoms with Gasteiger partial charge in [0.2, 0.25) is 0 Å². The number of hydrogen-bond donors (Lipinski definition) is 1. The van der Waals surface area contributed by atoms with E-state index in [1.54, 1.807) is 0 Å². The van der Waals surface area contributed by atoms with Crippen LogP contribution in [0.5, 0.6) is 0 Å². The van der Waals surface area contributed by atoms with E-state index in [0.29, 0.717) is 0 Å². The predicted octanol–water partition coefficient (Wildman–Crippen LogP) is 4.23. The predicted molar refractivity (Wildman–Crippen MR) is 75.1 cm³/mol. The average Bonchev–Trinajstić information content (AvgIpc) is 2.22. The van der Waals surface area contributed by atoms with E-state index in [-0.39, 0.29) is 0 Å². The first-order valence-corrected chi connectivity index (χ1v) is 7.80. The molecule has 0 heterocycles. The molecule has 2 rings (SSSR count). The van der Waals surface area contributed by atoms with Crippen molar-refractivity contribution in [2.24, 2.45) is 23.7 Å². The quantitative estimate of drug-likeness (QED) is 0.758. The van der Waals surface area contributed by atoms with Crippen LogP contribution in [0.4, 0.5) is 0 Å². The van der Waals surface area contributed by atoms with Crippen LogP contribution in [0.3, 0.4) is 0 Å². The molecule has 0 bridgehead atoms. The van der Waals surface area contributed by atoms with Crippen LogP contribution in [-0.2, 0) is 0 Å². The van der Waals surface area contributed by atoms with Crippen molar-refractivity contribution in [2.45, 2.75) is 78.3 Å². The SMILES string of the molecule is CC1CC(C)CC(NC2CC(C)CCC2C)C1. The lowest BCUT2D eigenvalue weighted by atomic mass is 9.77. The Bertz CT molecular complexity index is 228. The minimum Gasteiger partial charge on any atom is -0.311 e. The third-order valence-corrected chi connectivity index (χ3v) is 5.09. The number of rotatable bonds is 2. The van der Waals surface area contributed by atoms with Gasteiger partial charge >= 0.3 is 0 Å². The maximum Gasteiger partial charge on any atom is 0.00978 e. The fourth-order valence-corrected chi connectivity index (χ4v) is 4.15. The summed E-state index contributed by atoms with van der Waals surface area (Å²) in [7, 11) is 0. The zero-order valence-electron chi connectivity index (χ0n) is 12.2. The summed E-state index contributed by atoms with van der Waals surface area (Å²) in [5, 5.41) is 4.00. The second-order valence-electron chi connectivity index (χ2n) is 7.28. The summed E-state index contributed by atoms with van der Waals surface area (Å²) in [6.07, 6.45) is 8.52. The van der Waals surface area contributed by atoms with Gasteiger partial charge in [0, 0.05) is 12.1 Å². The Morgan fingerprint density at radius 1 is 0.706 bits per heavy atom. The minimum absolute atomic E-state index is 0.793. The van der Waals surface area contributed by atoms with E-state index in [2.05, 4.69) is 33.0 Å². The summed E-state index contributed by atoms with van der Waals surface area (Å²) in [5.41, 5.74) is 0. The molecule has 17 heavy (non-hydrogen) atoms. The van der Waals surface area contributed by atoms with Crippen LogP contribution in [0, 0.1) is 23.7 Å². The third kappa shape index (κ3) is 3.71. The van der Waals surface area contributed by atoms with E-state index < -0.39 is 0 Å². The summed E-state index contributed by atoms with van der Waals surface area (Å²) in [4.78, 5) is 0. The molecule has 0 aliphatic heterocycles. The van der Waals surface area contributed by atoms with Gasteiger partial charge in [-0.1, -0.05) is 34.1 Å². The fraction of sp³-hybridized carbons (Fsp3) is 1.00. The van der Waals surface area contributed by atoms with Crippen molar-refractivity contribution >= 4 is 0 Å². The highest BCUT2D eigenvalue weighted by Gasteiger charge is 2.30. The molecular weight excluding hydrogens is 206 g/mol. The molecule has 0 saturated heterocycles. The second-order valence-corrected chi connectivity index (χ2v) is 7.28. The molecule has 0 aromatic heterocycles. The topological polar surface area (TPSA) is 12.0 Å². The van der Waals surface area contributed by atoms with Crippen molar-refractivity contribution in [3.05, 3.63) is 0 Å². The van der Waals surface area contributed by atoms with Crippen LogP contribution >= 0.6 is 0 Å². The van der Waals surface area contributed by atoms with E-state index >= 15 is 0 Å². The van der Waals surface area contributed by atoms with Crippen molar-refractivity contribution in [2.75, 3.05) is 0 Å². The van der Waals surface area contributed by atoms with Gasteiger partial charge in [-0.3, -0.25) is 0 Å². The molecule has 2 aliphatic rings. The van der Waals surface area contributed by atoms with Crippen molar-refractivity contribution in [3.63, 3.8) is 0 Å². The Balaban J connectivity index is 1.86. The van der Waals surface area contributed by atoms with Crippen LogP contribution in [0.25, 0.3) is 0 Å². The highest BCUT2D eigenvalue weighted by atomic mass is 15.0. The summed E-state index contributed by atoms with van der Waals surface area (Å²) in [5.74, 6) is 3.67. The van der Waals surface area contributed by atoms with Crippen molar-refractivity contribution < 1.29 is 0 Å². The Labute approximate surface area is 108 Å². The average molecular weight is 237 g/mol. The van der Waals surface area contributed by atoms with Crippen LogP contribution < -0.4 is 5.32 Å². The van der Waals surface area contributed by atoms with Gasteiger partial charge in [-0.25, -0.2) is 0 Å². The van der Waals surface area contributed by atoms with Crippen molar-refractivity contribution in [1.82, 2.24) is 5.32 Å². The van der Waals surface area contributed by atoms with E-state index in [1.807, 2.05) is 0 Å². The first kappa shape index (κ1) is 13.4. The zero-order chi connectivity index (χ0) is 12.4. The largest absolute Gasteiger partial charge is 0.311 e. The van der Waals surface area contributed by atoms with Gasteiger partial charge in [-0.05, 0) is 55.8 Å². The van der Waals surface area contributed by atoms with Gasteiger partial charge in [0.15, 0.2) is 0 Å². The van der Waals surface area contributed by atoms with E-state index in [1.165, 1.54) is 38.5 Å². The fourth-order valence-electron chi connectivity index (χ4n) is 4.15. The molecule has 0 aromatic rings. The number of nitrogens with one attached hydrogen (secondary N) is 1. The molecule has 100 valence electrons. The highest BCUT2D eigenvalue weighted by molar-refractivity contribution is 4.87. The summed E-state index contributed by atoms with van der Waals surface area (Å²) >= 11 is 0. The third-order valence-electron chi connectivity index (χ3n) is 5.09. The van der Waals surface area contributed by atoms with Crippen molar-refractivity contribution in [1.29, 1.82) is 0 Å². The molecule has 5 unspecified atom stereocenters. The maximum atomic E-state index is 4.00. The number of hydrogen-bond acceptors (Lipinski definition) is 1. The minimum atomic E-state index is 0.793. The van der Waals surface area contributed by atoms with Crippen LogP contribution in [0.1, 0.15) is 66.2 Å². The Kier molecular flexibility index (Phi) is 4.52. The molecule has 2 saturated carbocycles. The second kappa shape index (κ2) is 5.73. The standard InChI is InChI=1S/C16H31N/c1-11-5-6-14(4)16(10-11)17-15-8-12(2)7-13(3)9-15/h11-17H,5-10H2,1-4H3. The first-order chi connectivity index (χ1) is 8.04. The zero-order valence-corrected chi connectivity index (χ0v) is 12.2. The molecule has 0 radical (unpaired) electrons. The Hall–Kier alpha value is -0.0400. The smallest absolute Gasteiger partial charge is 0.00978 e. The van der Waals surface area contributed by atoms with Gasteiger partial charge in [-0.2, -0.15) is 0 Å². The monoisotopic (exact) mass is 237 g/mol. The van der Waals surface area contributed by atoms with E-state index in [9.17, 15) is 0 Å².